The molecule has 0 spiro atoms. The molecule has 2 rings (SSSR count). The summed E-state index contributed by atoms with van der Waals surface area (Å²) in [6, 6.07) is 6.82. The van der Waals surface area contributed by atoms with Crippen molar-refractivity contribution in [1.29, 1.82) is 0 Å². The summed E-state index contributed by atoms with van der Waals surface area (Å²) in [5.74, 6) is -0.686. The molecular weight excluding hydrogens is 340 g/mol. The molecule has 8 heteroatoms. The van der Waals surface area contributed by atoms with Crippen LogP contribution < -0.4 is 5.32 Å². The number of anilines is 2. The van der Waals surface area contributed by atoms with E-state index in [0.29, 0.717) is 4.47 Å². The van der Waals surface area contributed by atoms with E-state index in [9.17, 15) is 14.5 Å². The van der Waals surface area contributed by atoms with Crippen molar-refractivity contribution in [3.05, 3.63) is 55.9 Å². The Morgan fingerprint density at radius 2 is 2.11 bits per heavy atom. The number of nitrogens with one attached hydrogen (secondary N) is 1. The van der Waals surface area contributed by atoms with Gasteiger partial charge in [0.25, 0.3) is 0 Å². The molecule has 0 atom stereocenters. The Bertz CT molecular complexity index is 634. The molecular formula is C11H6BrClFN3O2. The number of nitro groups is 1. The zero-order chi connectivity index (χ0) is 14.0. The average Bonchev–Trinajstić information content (AvgIpc) is 2.33. The highest BCUT2D eigenvalue weighted by Gasteiger charge is 2.18. The SMILES string of the molecule is O=[N+]([O-])c1ccc(Cl)nc1Nc1c(F)cccc1Br. The minimum atomic E-state index is -0.625. The number of nitrogens with zero attached hydrogens (tertiary/aromatic N) is 2. The maximum atomic E-state index is 13.6. The molecule has 1 aromatic carbocycles. The first-order valence-electron chi connectivity index (χ1n) is 5.01. The van der Waals surface area contributed by atoms with Crippen molar-refractivity contribution in [2.24, 2.45) is 0 Å². The second kappa shape index (κ2) is 5.50. The van der Waals surface area contributed by atoms with Crippen molar-refractivity contribution in [3.8, 4) is 0 Å². The van der Waals surface area contributed by atoms with Crippen LogP contribution in [-0.2, 0) is 0 Å². The van der Waals surface area contributed by atoms with Crippen LogP contribution >= 0.6 is 27.5 Å². The third kappa shape index (κ3) is 2.99. The van der Waals surface area contributed by atoms with Crippen LogP contribution in [0.1, 0.15) is 0 Å². The van der Waals surface area contributed by atoms with Crippen LogP contribution in [0.5, 0.6) is 0 Å². The van der Waals surface area contributed by atoms with Crippen molar-refractivity contribution >= 4 is 44.7 Å². The Balaban J connectivity index is 2.49. The number of hydrogen-bond acceptors (Lipinski definition) is 4. The minimum Gasteiger partial charge on any atom is -0.331 e. The van der Waals surface area contributed by atoms with Crippen LogP contribution in [0.15, 0.2) is 34.8 Å². The van der Waals surface area contributed by atoms with Crippen LogP contribution in [0.25, 0.3) is 0 Å². The molecule has 0 aliphatic rings. The molecule has 5 nitrogen and oxygen atoms in total. The molecule has 1 aromatic heterocycles. The van der Waals surface area contributed by atoms with Crippen molar-refractivity contribution in [2.75, 3.05) is 5.32 Å². The van der Waals surface area contributed by atoms with Crippen LogP contribution in [0.2, 0.25) is 5.15 Å². The van der Waals surface area contributed by atoms with Gasteiger partial charge in [0.1, 0.15) is 11.0 Å². The Morgan fingerprint density at radius 1 is 1.37 bits per heavy atom. The van der Waals surface area contributed by atoms with Crippen molar-refractivity contribution in [1.82, 2.24) is 4.98 Å². The molecule has 0 radical (unpaired) electrons. The van der Waals surface area contributed by atoms with E-state index in [-0.39, 0.29) is 22.3 Å². The van der Waals surface area contributed by atoms with Gasteiger partial charge in [-0.2, -0.15) is 0 Å². The minimum absolute atomic E-state index is 0.0559. The van der Waals surface area contributed by atoms with E-state index in [2.05, 4.69) is 26.2 Å². The van der Waals surface area contributed by atoms with E-state index >= 15 is 0 Å². The molecule has 19 heavy (non-hydrogen) atoms. The molecule has 0 unspecified atom stereocenters. The molecule has 1 N–H and O–H groups in total. The number of para-hydroxylation sites is 1. The van der Waals surface area contributed by atoms with Gasteiger partial charge in [0.15, 0.2) is 0 Å². The summed E-state index contributed by atoms with van der Waals surface area (Å²) in [4.78, 5) is 14.0. The molecule has 98 valence electrons. The van der Waals surface area contributed by atoms with Gasteiger partial charge in [-0.15, -0.1) is 0 Å². The third-order valence-corrected chi connectivity index (χ3v) is 3.11. The number of hydrogen-bond donors (Lipinski definition) is 1. The average molecular weight is 347 g/mol. The smallest absolute Gasteiger partial charge is 0.311 e. The molecule has 0 aliphatic carbocycles. The van der Waals surface area contributed by atoms with E-state index in [4.69, 9.17) is 11.6 Å². The quantitative estimate of drug-likeness (QED) is 0.511. The van der Waals surface area contributed by atoms with Gasteiger partial charge in [0, 0.05) is 10.5 Å². The van der Waals surface area contributed by atoms with Crippen molar-refractivity contribution < 1.29 is 9.31 Å². The second-order valence-electron chi connectivity index (χ2n) is 3.48. The number of halogens is 3. The van der Waals surface area contributed by atoms with E-state index in [1.165, 1.54) is 24.3 Å². The highest BCUT2D eigenvalue weighted by molar-refractivity contribution is 9.10. The maximum Gasteiger partial charge on any atom is 0.311 e. The van der Waals surface area contributed by atoms with Gasteiger partial charge in [-0.1, -0.05) is 17.7 Å². The van der Waals surface area contributed by atoms with Crippen LogP contribution in [0.4, 0.5) is 21.6 Å². The number of benzene rings is 1. The second-order valence-corrected chi connectivity index (χ2v) is 4.72. The first kappa shape index (κ1) is 13.7. The molecule has 0 bridgehead atoms. The maximum absolute atomic E-state index is 13.6. The van der Waals surface area contributed by atoms with Crippen LogP contribution in [-0.4, -0.2) is 9.91 Å². The summed E-state index contributed by atoms with van der Waals surface area (Å²) in [6.07, 6.45) is 0. The Morgan fingerprint density at radius 3 is 2.74 bits per heavy atom. The highest BCUT2D eigenvalue weighted by atomic mass is 79.9. The normalized spacial score (nSPS) is 10.3. The lowest BCUT2D eigenvalue weighted by molar-refractivity contribution is -0.384. The molecule has 1 heterocycles. The van der Waals surface area contributed by atoms with Gasteiger partial charge in [-0.3, -0.25) is 10.1 Å². The standard InChI is InChI=1S/C11H6BrClFN3O2/c12-6-2-1-3-7(14)10(6)16-11-8(17(18)19)4-5-9(13)15-11/h1-5H,(H,15,16). The summed E-state index contributed by atoms with van der Waals surface area (Å²) in [6.45, 7) is 0. The summed E-state index contributed by atoms with van der Waals surface area (Å²) in [5.41, 5.74) is -0.236. The largest absolute Gasteiger partial charge is 0.331 e. The van der Waals surface area contributed by atoms with Gasteiger partial charge in [-0.05, 0) is 34.1 Å². The van der Waals surface area contributed by atoms with E-state index < -0.39 is 10.7 Å². The Hall–Kier alpha value is -1.73. The molecule has 0 saturated carbocycles. The predicted octanol–water partition coefficient (Wildman–Crippen LogP) is 4.29. The molecule has 0 saturated heterocycles. The zero-order valence-corrected chi connectivity index (χ0v) is 11.6. The van der Waals surface area contributed by atoms with E-state index in [0.717, 1.165) is 0 Å². The van der Waals surface area contributed by atoms with Gasteiger partial charge >= 0.3 is 5.69 Å². The monoisotopic (exact) mass is 345 g/mol. The Kier molecular flexibility index (Phi) is 3.96. The zero-order valence-electron chi connectivity index (χ0n) is 9.23. The van der Waals surface area contributed by atoms with Crippen molar-refractivity contribution in [3.63, 3.8) is 0 Å². The summed E-state index contributed by atoms with van der Waals surface area (Å²) in [5, 5.41) is 13.5. The van der Waals surface area contributed by atoms with Crippen LogP contribution in [0.3, 0.4) is 0 Å². The summed E-state index contributed by atoms with van der Waals surface area (Å²) >= 11 is 8.84. The fourth-order valence-corrected chi connectivity index (χ4v) is 1.99. The van der Waals surface area contributed by atoms with Gasteiger partial charge in [-0.25, -0.2) is 9.37 Å². The fraction of sp³-hybridized carbons (Fsp3) is 0. The van der Waals surface area contributed by atoms with Gasteiger partial charge in [0.2, 0.25) is 5.82 Å². The molecule has 0 fully saturated rings. The lowest BCUT2D eigenvalue weighted by Gasteiger charge is -2.09. The fourth-order valence-electron chi connectivity index (χ4n) is 1.40. The van der Waals surface area contributed by atoms with E-state index in [1.54, 1.807) is 6.07 Å². The third-order valence-electron chi connectivity index (χ3n) is 2.24. The molecule has 2 aromatic rings. The molecule has 0 amide bonds. The lowest BCUT2D eigenvalue weighted by Crippen LogP contribution is -2.02. The predicted molar refractivity (Wildman–Crippen MR) is 73.3 cm³/mol. The number of rotatable bonds is 3. The first-order chi connectivity index (χ1) is 8.99. The topological polar surface area (TPSA) is 68.1 Å². The number of pyridine rings is 1. The summed E-state index contributed by atoms with van der Waals surface area (Å²) in [7, 11) is 0. The first-order valence-corrected chi connectivity index (χ1v) is 6.18. The Labute approximate surface area is 120 Å². The van der Waals surface area contributed by atoms with Crippen LogP contribution in [0, 0.1) is 15.9 Å². The lowest BCUT2D eigenvalue weighted by atomic mass is 10.3. The highest BCUT2D eigenvalue weighted by Crippen LogP contribution is 2.32. The summed E-state index contributed by atoms with van der Waals surface area (Å²) < 4.78 is 14.1. The van der Waals surface area contributed by atoms with E-state index in [1.807, 2.05) is 0 Å². The molecule has 0 aliphatic heterocycles. The number of aromatic nitrogens is 1. The van der Waals surface area contributed by atoms with Gasteiger partial charge < -0.3 is 5.32 Å². The van der Waals surface area contributed by atoms with Gasteiger partial charge in [0.05, 0.1) is 10.6 Å². The van der Waals surface area contributed by atoms with Crippen molar-refractivity contribution in [2.45, 2.75) is 0 Å².